The molecule has 1 atom stereocenters. The lowest BCUT2D eigenvalue weighted by molar-refractivity contribution is -0.127. The lowest BCUT2D eigenvalue weighted by Gasteiger charge is -2.30. The Morgan fingerprint density at radius 2 is 1.76 bits per heavy atom. The maximum atomic E-state index is 14.5. The predicted octanol–water partition coefficient (Wildman–Crippen LogP) is 6.44. The number of hydrogen-bond acceptors (Lipinski definition) is 5. The average molecular weight is 684 g/mol. The van der Waals surface area contributed by atoms with Crippen LogP contribution in [0.5, 0.6) is 5.75 Å². The highest BCUT2D eigenvalue weighted by Crippen LogP contribution is 2.40. The van der Waals surface area contributed by atoms with Gasteiger partial charge in [-0.15, -0.1) is 0 Å². The number of amides is 1. The standard InChI is InChI=1S/C36H35BrN4O3S/c1-7-39(8-2)35(43)31-22(4)38-36-41(33(31)32-28-12-10-9-11-24(28)13-18-29(32)44-6)34(42)30(45-36)20-25-19-21(3)40(23(25)5)27-16-14-26(37)15-17-27/h9-20,33H,7-8H2,1-6H3/b30-20+/t33-/m0/s1. The first-order valence-corrected chi connectivity index (χ1v) is 16.6. The fraction of sp³-hybridized carbons (Fsp3) is 0.250. The van der Waals surface area contributed by atoms with Crippen molar-refractivity contribution in [2.24, 2.45) is 4.99 Å². The molecule has 0 bridgehead atoms. The highest BCUT2D eigenvalue weighted by atomic mass is 79.9. The lowest BCUT2D eigenvalue weighted by atomic mass is 9.90. The molecule has 6 rings (SSSR count). The lowest BCUT2D eigenvalue weighted by Crippen LogP contribution is -2.43. The van der Waals surface area contributed by atoms with E-state index >= 15 is 0 Å². The van der Waals surface area contributed by atoms with Crippen LogP contribution in [-0.4, -0.2) is 40.1 Å². The second kappa shape index (κ2) is 12.3. The average Bonchev–Trinajstić information content (AvgIpc) is 3.49. The van der Waals surface area contributed by atoms with Crippen LogP contribution in [0.4, 0.5) is 0 Å². The molecule has 1 amide bonds. The first-order chi connectivity index (χ1) is 21.7. The number of ether oxygens (including phenoxy) is 1. The van der Waals surface area contributed by atoms with Crippen LogP contribution in [0.15, 0.2) is 92.3 Å². The van der Waals surface area contributed by atoms with Crippen molar-refractivity contribution in [2.45, 2.75) is 40.7 Å². The van der Waals surface area contributed by atoms with Gasteiger partial charge in [0.2, 0.25) is 0 Å². The zero-order valence-electron chi connectivity index (χ0n) is 26.2. The quantitative estimate of drug-likeness (QED) is 0.199. The third kappa shape index (κ3) is 5.27. The number of fused-ring (bicyclic) bond motifs is 2. The molecular formula is C36H35BrN4O3S. The van der Waals surface area contributed by atoms with Crippen LogP contribution in [0.2, 0.25) is 0 Å². The second-order valence-electron chi connectivity index (χ2n) is 11.1. The molecular weight excluding hydrogens is 648 g/mol. The molecule has 5 aromatic rings. The number of carbonyl (C=O) groups is 1. The molecule has 0 saturated heterocycles. The van der Waals surface area contributed by atoms with Crippen molar-refractivity contribution in [3.05, 3.63) is 125 Å². The van der Waals surface area contributed by atoms with Crippen LogP contribution in [0.1, 0.15) is 49.3 Å². The van der Waals surface area contributed by atoms with E-state index in [4.69, 9.17) is 9.73 Å². The van der Waals surface area contributed by atoms with Crippen molar-refractivity contribution in [1.29, 1.82) is 0 Å². The van der Waals surface area contributed by atoms with Gasteiger partial charge >= 0.3 is 0 Å². The maximum absolute atomic E-state index is 14.5. The molecule has 230 valence electrons. The Balaban J connectivity index is 1.61. The summed E-state index contributed by atoms with van der Waals surface area (Å²) >= 11 is 4.87. The fourth-order valence-corrected chi connectivity index (χ4v) is 7.65. The number of benzene rings is 3. The van der Waals surface area contributed by atoms with Crippen LogP contribution in [0, 0.1) is 13.8 Å². The monoisotopic (exact) mass is 682 g/mol. The SMILES string of the molecule is CCN(CC)C(=O)C1=C(C)N=c2s/c(=C/c3cc(C)n(-c4ccc(Br)cc4)c3C)c(=O)n2[C@@H]1c1c(OC)ccc2ccccc12. The Bertz CT molecular complexity index is 2170. The number of carbonyl (C=O) groups excluding carboxylic acids is 1. The second-order valence-corrected chi connectivity index (χ2v) is 13.0. The molecule has 9 heteroatoms. The van der Waals surface area contributed by atoms with Gasteiger partial charge in [0.15, 0.2) is 4.80 Å². The summed E-state index contributed by atoms with van der Waals surface area (Å²) in [7, 11) is 1.63. The summed E-state index contributed by atoms with van der Waals surface area (Å²) < 4.78 is 11.4. The van der Waals surface area contributed by atoms with E-state index in [1.54, 1.807) is 16.6 Å². The number of methoxy groups -OCH3 is 1. The summed E-state index contributed by atoms with van der Waals surface area (Å²) in [6.07, 6.45) is 1.95. The zero-order chi connectivity index (χ0) is 32.0. The summed E-state index contributed by atoms with van der Waals surface area (Å²) in [6, 6.07) is 21.5. The molecule has 7 nitrogen and oxygen atoms in total. The summed E-state index contributed by atoms with van der Waals surface area (Å²) in [6.45, 7) is 11.0. The van der Waals surface area contributed by atoms with Crippen LogP contribution >= 0.6 is 27.3 Å². The highest BCUT2D eigenvalue weighted by Gasteiger charge is 2.36. The minimum absolute atomic E-state index is 0.131. The Hall–Kier alpha value is -4.21. The number of aryl methyl sites for hydroxylation is 1. The Morgan fingerprint density at radius 1 is 1.04 bits per heavy atom. The minimum atomic E-state index is -0.715. The number of hydrogen-bond donors (Lipinski definition) is 0. The first-order valence-electron chi connectivity index (χ1n) is 15.0. The van der Waals surface area contributed by atoms with Crippen molar-refractivity contribution in [1.82, 2.24) is 14.0 Å². The van der Waals surface area contributed by atoms with Crippen LogP contribution in [0.3, 0.4) is 0 Å². The molecule has 3 aromatic carbocycles. The highest BCUT2D eigenvalue weighted by molar-refractivity contribution is 9.10. The molecule has 0 N–H and O–H groups in total. The van der Waals surface area contributed by atoms with Crippen LogP contribution < -0.4 is 19.6 Å². The van der Waals surface area contributed by atoms with Gasteiger partial charge in [0, 0.05) is 40.2 Å². The summed E-state index contributed by atoms with van der Waals surface area (Å²) in [5, 5.41) is 1.93. The smallest absolute Gasteiger partial charge is 0.271 e. The van der Waals surface area contributed by atoms with E-state index in [0.29, 0.717) is 39.4 Å². The van der Waals surface area contributed by atoms with Crippen molar-refractivity contribution >= 4 is 50.0 Å². The number of halogens is 1. The number of aromatic nitrogens is 2. The van der Waals surface area contributed by atoms with E-state index in [1.807, 2.05) is 75.4 Å². The number of thiazole rings is 1. The van der Waals surface area contributed by atoms with E-state index in [9.17, 15) is 9.59 Å². The zero-order valence-corrected chi connectivity index (χ0v) is 28.6. The Labute approximate surface area is 274 Å². The van der Waals surface area contributed by atoms with Crippen molar-refractivity contribution in [3.63, 3.8) is 0 Å². The predicted molar refractivity (Wildman–Crippen MR) is 185 cm³/mol. The van der Waals surface area contributed by atoms with Gasteiger partial charge in [-0.25, -0.2) is 4.99 Å². The van der Waals surface area contributed by atoms with Crippen molar-refractivity contribution < 1.29 is 9.53 Å². The van der Waals surface area contributed by atoms with E-state index < -0.39 is 6.04 Å². The molecule has 45 heavy (non-hydrogen) atoms. The molecule has 0 unspecified atom stereocenters. The van der Waals surface area contributed by atoms with Crippen molar-refractivity contribution in [3.8, 4) is 11.4 Å². The van der Waals surface area contributed by atoms with Crippen LogP contribution in [-0.2, 0) is 4.79 Å². The molecule has 2 aromatic heterocycles. The van der Waals surface area contributed by atoms with Gasteiger partial charge in [0.05, 0.1) is 22.9 Å². The summed E-state index contributed by atoms with van der Waals surface area (Å²) in [5.41, 5.74) is 5.78. The van der Waals surface area contributed by atoms with Gasteiger partial charge in [-0.3, -0.25) is 14.2 Å². The third-order valence-electron chi connectivity index (χ3n) is 8.57. The number of nitrogens with zero attached hydrogens (tertiary/aromatic N) is 4. The van der Waals surface area contributed by atoms with E-state index in [2.05, 4.69) is 52.5 Å². The van der Waals surface area contributed by atoms with Gasteiger partial charge < -0.3 is 14.2 Å². The third-order valence-corrected chi connectivity index (χ3v) is 10.1. The van der Waals surface area contributed by atoms with E-state index in [0.717, 1.165) is 43.4 Å². The first kappa shape index (κ1) is 30.8. The minimum Gasteiger partial charge on any atom is -0.496 e. The number of likely N-dealkylation sites (N-methyl/N-ethyl adjacent to an activating group) is 1. The molecule has 0 fully saturated rings. The van der Waals surface area contributed by atoms with Gasteiger partial charge in [-0.05, 0) is 93.4 Å². The Morgan fingerprint density at radius 3 is 2.44 bits per heavy atom. The fourth-order valence-electron chi connectivity index (χ4n) is 6.35. The molecule has 0 aliphatic carbocycles. The molecule has 0 spiro atoms. The van der Waals surface area contributed by atoms with E-state index in [1.165, 1.54) is 11.3 Å². The number of allylic oxidation sites excluding steroid dienone is 1. The normalized spacial score (nSPS) is 14.9. The largest absolute Gasteiger partial charge is 0.496 e. The topological polar surface area (TPSA) is 68.8 Å². The van der Waals surface area contributed by atoms with Crippen molar-refractivity contribution in [2.75, 3.05) is 20.2 Å². The van der Waals surface area contributed by atoms with Gasteiger partial charge in [-0.2, -0.15) is 0 Å². The molecule has 0 radical (unpaired) electrons. The summed E-state index contributed by atoms with van der Waals surface area (Å²) in [4.78, 5) is 35.9. The number of rotatable bonds is 7. The van der Waals surface area contributed by atoms with Gasteiger partial charge in [0.25, 0.3) is 11.5 Å². The van der Waals surface area contributed by atoms with Crippen LogP contribution in [0.25, 0.3) is 22.5 Å². The van der Waals surface area contributed by atoms with Gasteiger partial charge in [0.1, 0.15) is 11.8 Å². The Kier molecular flexibility index (Phi) is 8.41. The molecule has 1 aliphatic rings. The summed E-state index contributed by atoms with van der Waals surface area (Å²) in [5.74, 6) is 0.486. The van der Waals surface area contributed by atoms with Gasteiger partial charge in [-0.1, -0.05) is 57.6 Å². The molecule has 3 heterocycles. The van der Waals surface area contributed by atoms with E-state index in [-0.39, 0.29) is 11.5 Å². The maximum Gasteiger partial charge on any atom is 0.271 e. The molecule has 0 saturated carbocycles. The molecule has 1 aliphatic heterocycles.